The van der Waals surface area contributed by atoms with Gasteiger partial charge in [0.1, 0.15) is 45.3 Å². The summed E-state index contributed by atoms with van der Waals surface area (Å²) in [4.78, 5) is 56.5. The molecule has 0 fully saturated rings. The Bertz CT molecular complexity index is 2450. The molecule has 9 rings (SSSR count). The molecule has 0 bridgehead atoms. The lowest BCUT2D eigenvalue weighted by Crippen LogP contribution is -2.20. The molecular formula is C44H24O8. The molecule has 0 radical (unpaired) electrons. The van der Waals surface area contributed by atoms with Crippen molar-refractivity contribution in [2.24, 2.45) is 0 Å². The van der Waals surface area contributed by atoms with Crippen molar-refractivity contribution in [1.82, 2.24) is 0 Å². The van der Waals surface area contributed by atoms with E-state index < -0.39 is 23.9 Å². The average Bonchev–Trinajstić information content (AvgIpc) is 3.16. The number of fused-ring (bicyclic) bond motifs is 8. The van der Waals surface area contributed by atoms with Gasteiger partial charge in [-0.25, -0.2) is 19.2 Å². The fraction of sp³-hybridized carbons (Fsp3) is 0. The summed E-state index contributed by atoms with van der Waals surface area (Å²) in [7, 11) is 0. The molecule has 8 aromatic carbocycles. The molecule has 0 unspecified atom stereocenters. The molecule has 0 saturated carbocycles. The summed E-state index contributed by atoms with van der Waals surface area (Å²) in [6, 6.07) is 41.5. The third-order valence-electron chi connectivity index (χ3n) is 9.08. The number of carbonyl (C=O) groups is 4. The Hall–Kier alpha value is -7.32. The number of hydrogen-bond donors (Lipinski definition) is 0. The third kappa shape index (κ3) is 5.45. The molecule has 0 saturated heterocycles. The summed E-state index contributed by atoms with van der Waals surface area (Å²) in [5.41, 5.74) is -0.268. The molecule has 0 N–H and O–H groups in total. The van der Waals surface area contributed by atoms with Crippen LogP contribution in [0.1, 0.15) is 41.4 Å². The van der Waals surface area contributed by atoms with Gasteiger partial charge in [0.15, 0.2) is 0 Å². The Morgan fingerprint density at radius 1 is 0.250 bits per heavy atom. The van der Waals surface area contributed by atoms with Crippen LogP contribution < -0.4 is 18.9 Å². The van der Waals surface area contributed by atoms with Crippen molar-refractivity contribution in [2.45, 2.75) is 0 Å². The van der Waals surface area contributed by atoms with Gasteiger partial charge in [-0.3, -0.25) is 0 Å². The molecular weight excluding hydrogens is 656 g/mol. The second-order valence-corrected chi connectivity index (χ2v) is 12.3. The number of hydrogen-bond acceptors (Lipinski definition) is 8. The number of carbonyl (C=O) groups excluding carboxylic acids is 4. The van der Waals surface area contributed by atoms with Crippen LogP contribution in [0, 0.1) is 0 Å². The summed E-state index contributed by atoms with van der Waals surface area (Å²) < 4.78 is 23.9. The van der Waals surface area contributed by atoms with Crippen molar-refractivity contribution in [2.75, 3.05) is 0 Å². The van der Waals surface area contributed by atoms with E-state index in [4.69, 9.17) is 18.9 Å². The molecule has 52 heavy (non-hydrogen) atoms. The van der Waals surface area contributed by atoms with Crippen molar-refractivity contribution in [3.63, 3.8) is 0 Å². The smallest absolute Gasteiger partial charge is 0.347 e. The van der Waals surface area contributed by atoms with Crippen LogP contribution in [0.4, 0.5) is 0 Å². The summed E-state index contributed by atoms with van der Waals surface area (Å²) in [5, 5.41) is 5.52. The van der Waals surface area contributed by atoms with Crippen molar-refractivity contribution in [3.05, 3.63) is 168 Å². The van der Waals surface area contributed by atoms with E-state index in [0.717, 1.165) is 0 Å². The van der Waals surface area contributed by atoms with E-state index in [2.05, 4.69) is 0 Å². The minimum Gasteiger partial charge on any atom is -0.422 e. The molecule has 0 aromatic heterocycles. The first-order valence-electron chi connectivity index (χ1n) is 16.4. The normalized spacial score (nSPS) is 13.4. The van der Waals surface area contributed by atoms with Gasteiger partial charge >= 0.3 is 23.9 Å². The predicted molar refractivity (Wildman–Crippen MR) is 196 cm³/mol. The summed E-state index contributed by atoms with van der Waals surface area (Å²) >= 11 is 0. The first-order chi connectivity index (χ1) is 25.4. The fourth-order valence-corrected chi connectivity index (χ4v) is 6.47. The molecule has 0 amide bonds. The van der Waals surface area contributed by atoms with Crippen LogP contribution >= 0.6 is 0 Å². The maximum absolute atomic E-state index is 14.1. The van der Waals surface area contributed by atoms with E-state index in [-0.39, 0.29) is 45.3 Å². The van der Waals surface area contributed by atoms with Gasteiger partial charge in [-0.05, 0) is 91.6 Å². The third-order valence-corrected chi connectivity index (χ3v) is 9.08. The Balaban J connectivity index is 1.28. The molecule has 1 heterocycles. The maximum Gasteiger partial charge on any atom is 0.347 e. The van der Waals surface area contributed by atoms with Gasteiger partial charge in [-0.2, -0.15) is 0 Å². The van der Waals surface area contributed by atoms with E-state index in [9.17, 15) is 19.2 Å². The summed E-state index contributed by atoms with van der Waals surface area (Å²) in [6.45, 7) is 0. The monoisotopic (exact) mass is 680 g/mol. The van der Waals surface area contributed by atoms with Crippen LogP contribution in [-0.2, 0) is 0 Å². The van der Waals surface area contributed by atoms with Crippen molar-refractivity contribution in [3.8, 4) is 23.0 Å². The molecule has 1 aliphatic rings. The van der Waals surface area contributed by atoms with Crippen molar-refractivity contribution in [1.29, 1.82) is 0 Å². The SMILES string of the molecule is O=C1Oc2cc3ccccc3cc2C(=O)Oc2cc3ccccc3cc2C(=O)Oc2cc3ccccc3cc2C(=O)Oc2cc3ccccc3cc21. The van der Waals surface area contributed by atoms with Crippen molar-refractivity contribution < 1.29 is 38.1 Å². The summed E-state index contributed by atoms with van der Waals surface area (Å²) in [5.74, 6) is -3.85. The van der Waals surface area contributed by atoms with Crippen LogP contribution in [-0.4, -0.2) is 23.9 Å². The number of ether oxygens (including phenoxy) is 4. The second-order valence-electron chi connectivity index (χ2n) is 12.3. The van der Waals surface area contributed by atoms with Gasteiger partial charge in [-0.15, -0.1) is 0 Å². The van der Waals surface area contributed by atoms with Gasteiger partial charge in [0.05, 0.1) is 0 Å². The topological polar surface area (TPSA) is 105 Å². The number of esters is 4. The number of benzene rings is 8. The minimum atomic E-state index is -0.874. The molecule has 0 aliphatic carbocycles. The van der Waals surface area contributed by atoms with E-state index in [1.54, 1.807) is 48.5 Å². The lowest BCUT2D eigenvalue weighted by atomic mass is 10.0. The van der Waals surface area contributed by atoms with E-state index in [1.165, 1.54) is 0 Å². The highest BCUT2D eigenvalue weighted by molar-refractivity contribution is 6.08. The quantitative estimate of drug-likeness (QED) is 0.115. The minimum absolute atomic E-state index is 0.0669. The Morgan fingerprint density at radius 2 is 0.423 bits per heavy atom. The maximum atomic E-state index is 14.1. The lowest BCUT2D eigenvalue weighted by Gasteiger charge is -2.17. The first-order valence-corrected chi connectivity index (χ1v) is 16.4. The van der Waals surface area contributed by atoms with Gasteiger partial charge in [0.25, 0.3) is 0 Å². The van der Waals surface area contributed by atoms with Gasteiger partial charge < -0.3 is 18.9 Å². The molecule has 8 heteroatoms. The van der Waals surface area contributed by atoms with E-state index in [0.29, 0.717) is 43.1 Å². The van der Waals surface area contributed by atoms with Gasteiger partial charge in [0.2, 0.25) is 0 Å². The fourth-order valence-electron chi connectivity index (χ4n) is 6.47. The Morgan fingerprint density at radius 3 is 0.615 bits per heavy atom. The molecule has 0 spiro atoms. The Kier molecular flexibility index (Phi) is 7.22. The summed E-state index contributed by atoms with van der Waals surface area (Å²) in [6.07, 6.45) is 0. The van der Waals surface area contributed by atoms with Gasteiger partial charge in [-0.1, -0.05) is 97.1 Å². The van der Waals surface area contributed by atoms with Crippen LogP contribution in [0.2, 0.25) is 0 Å². The first kappa shape index (κ1) is 30.7. The van der Waals surface area contributed by atoms with Crippen LogP contribution in [0.15, 0.2) is 146 Å². The van der Waals surface area contributed by atoms with Crippen LogP contribution in [0.3, 0.4) is 0 Å². The molecule has 248 valence electrons. The highest BCUT2D eigenvalue weighted by Crippen LogP contribution is 2.36. The standard InChI is InChI=1S/C44H24O8/c45-41-33-17-25-9-1-5-13-29(25)21-37(33)49-42(46)35-19-27-11-3-7-15-31(27)23-39(35)51-44(48)36-20-28-12-4-8-16-32(28)24-40(36)52-43(47)34-18-26-10-2-6-14-30(26)22-38(34)50-41/h1-24H. The van der Waals surface area contributed by atoms with Crippen LogP contribution in [0.5, 0.6) is 23.0 Å². The lowest BCUT2D eigenvalue weighted by molar-refractivity contribution is 0.0688. The zero-order chi connectivity index (χ0) is 35.3. The van der Waals surface area contributed by atoms with Crippen molar-refractivity contribution >= 4 is 67.0 Å². The second kappa shape index (κ2) is 12.2. The average molecular weight is 681 g/mol. The highest BCUT2D eigenvalue weighted by Gasteiger charge is 2.28. The van der Waals surface area contributed by atoms with E-state index >= 15 is 0 Å². The highest BCUT2D eigenvalue weighted by atomic mass is 16.6. The molecule has 8 aromatic rings. The van der Waals surface area contributed by atoms with Crippen LogP contribution in [0.25, 0.3) is 43.1 Å². The number of rotatable bonds is 0. The molecule has 0 atom stereocenters. The molecule has 1 aliphatic heterocycles. The zero-order valence-corrected chi connectivity index (χ0v) is 27.1. The predicted octanol–water partition coefficient (Wildman–Crippen LogP) is 9.49. The molecule has 8 nitrogen and oxygen atoms in total. The van der Waals surface area contributed by atoms with E-state index in [1.807, 2.05) is 97.1 Å². The largest absolute Gasteiger partial charge is 0.422 e. The zero-order valence-electron chi connectivity index (χ0n) is 27.1. The Labute approximate surface area is 295 Å². The van der Waals surface area contributed by atoms with Gasteiger partial charge in [0, 0.05) is 0 Å².